The number of ether oxygens (including phenoxy) is 2. The van der Waals surface area contributed by atoms with Crippen molar-refractivity contribution in [3.05, 3.63) is 0 Å². The van der Waals surface area contributed by atoms with Crippen LogP contribution in [0.2, 0.25) is 0 Å². The molecule has 1 amide bonds. The third-order valence-electron chi connectivity index (χ3n) is 3.83. The van der Waals surface area contributed by atoms with E-state index in [0.717, 1.165) is 0 Å². The van der Waals surface area contributed by atoms with Crippen LogP contribution in [0.3, 0.4) is 0 Å². The van der Waals surface area contributed by atoms with Gasteiger partial charge in [0, 0.05) is 26.2 Å². The van der Waals surface area contributed by atoms with Gasteiger partial charge in [0.05, 0.1) is 25.4 Å². The highest BCUT2D eigenvalue weighted by molar-refractivity contribution is 5.78. The normalized spacial score (nSPS) is 29.3. The molecule has 1 aliphatic heterocycles. The molecule has 19 heavy (non-hydrogen) atoms. The van der Waals surface area contributed by atoms with Crippen LogP contribution >= 0.6 is 0 Å². The van der Waals surface area contributed by atoms with Crippen molar-refractivity contribution in [3.63, 3.8) is 0 Å². The Morgan fingerprint density at radius 3 is 2.53 bits per heavy atom. The van der Waals surface area contributed by atoms with Crippen LogP contribution in [0.25, 0.3) is 0 Å². The van der Waals surface area contributed by atoms with Gasteiger partial charge in [0.15, 0.2) is 0 Å². The number of hydrogen-bond acceptors (Lipinski definition) is 4. The van der Waals surface area contributed by atoms with E-state index in [9.17, 15) is 4.79 Å². The highest BCUT2D eigenvalue weighted by Crippen LogP contribution is 2.32. The first kappa shape index (κ1) is 14.8. The lowest BCUT2D eigenvalue weighted by molar-refractivity contribution is -0.142. The monoisotopic (exact) mass is 270 g/mol. The molecule has 0 aromatic heterocycles. The number of carbonyl (C=O) groups excluding carboxylic acids is 1. The van der Waals surface area contributed by atoms with Gasteiger partial charge in [-0.05, 0) is 32.6 Å². The van der Waals surface area contributed by atoms with Crippen LogP contribution in [0.5, 0.6) is 0 Å². The van der Waals surface area contributed by atoms with E-state index in [2.05, 4.69) is 5.32 Å². The second-order valence-corrected chi connectivity index (χ2v) is 5.84. The molecule has 3 atom stereocenters. The summed E-state index contributed by atoms with van der Waals surface area (Å²) in [6.07, 6.45) is 2.76. The maximum atomic E-state index is 12.2. The standard InChI is InChI=1S/C14H26N2O3/c1-10-7-16(8-11(2)19-10)14(17)6-15-13(9-18-3)12-4-5-12/h10-13,15H,4-9H2,1-3H3/t10-,11-,13-/m0/s1. The lowest BCUT2D eigenvalue weighted by Crippen LogP contribution is -2.51. The van der Waals surface area contributed by atoms with Gasteiger partial charge in [-0.3, -0.25) is 4.79 Å². The summed E-state index contributed by atoms with van der Waals surface area (Å²) in [5.74, 6) is 0.860. The van der Waals surface area contributed by atoms with Gasteiger partial charge < -0.3 is 19.7 Å². The first-order chi connectivity index (χ1) is 9.10. The fraction of sp³-hybridized carbons (Fsp3) is 0.929. The summed E-state index contributed by atoms with van der Waals surface area (Å²) in [7, 11) is 1.71. The molecular formula is C14H26N2O3. The van der Waals surface area contributed by atoms with Crippen LogP contribution in [-0.4, -0.2) is 62.4 Å². The summed E-state index contributed by atoms with van der Waals surface area (Å²) in [4.78, 5) is 14.1. The second-order valence-electron chi connectivity index (χ2n) is 5.84. The Balaban J connectivity index is 1.76. The molecule has 2 rings (SSSR count). The minimum absolute atomic E-state index is 0.130. The molecule has 1 heterocycles. The topological polar surface area (TPSA) is 50.8 Å². The van der Waals surface area contributed by atoms with Crippen LogP contribution in [-0.2, 0) is 14.3 Å². The van der Waals surface area contributed by atoms with E-state index >= 15 is 0 Å². The molecule has 2 fully saturated rings. The van der Waals surface area contributed by atoms with E-state index in [-0.39, 0.29) is 18.1 Å². The third kappa shape index (κ3) is 4.44. The number of nitrogens with zero attached hydrogens (tertiary/aromatic N) is 1. The van der Waals surface area contributed by atoms with E-state index in [4.69, 9.17) is 9.47 Å². The average Bonchev–Trinajstić information content (AvgIpc) is 3.17. The Labute approximate surface area is 115 Å². The Kier molecular flexibility index (Phi) is 5.19. The Morgan fingerprint density at radius 1 is 1.37 bits per heavy atom. The smallest absolute Gasteiger partial charge is 0.236 e. The molecule has 0 unspecified atom stereocenters. The molecular weight excluding hydrogens is 244 g/mol. The van der Waals surface area contributed by atoms with Crippen molar-refractivity contribution in [1.82, 2.24) is 10.2 Å². The predicted octanol–water partition coefficient (Wildman–Crippen LogP) is 0.637. The molecule has 1 aliphatic carbocycles. The first-order valence-corrected chi connectivity index (χ1v) is 7.25. The zero-order chi connectivity index (χ0) is 13.8. The zero-order valence-corrected chi connectivity index (χ0v) is 12.2. The lowest BCUT2D eigenvalue weighted by atomic mass is 10.2. The van der Waals surface area contributed by atoms with Crippen LogP contribution < -0.4 is 5.32 Å². The minimum Gasteiger partial charge on any atom is -0.383 e. The van der Waals surface area contributed by atoms with E-state index in [1.165, 1.54) is 12.8 Å². The number of rotatable bonds is 6. The van der Waals surface area contributed by atoms with Crippen LogP contribution in [0.1, 0.15) is 26.7 Å². The molecule has 1 saturated heterocycles. The molecule has 5 nitrogen and oxygen atoms in total. The number of carbonyl (C=O) groups is 1. The summed E-state index contributed by atoms with van der Waals surface area (Å²) >= 11 is 0. The van der Waals surface area contributed by atoms with Crippen molar-refractivity contribution in [1.29, 1.82) is 0 Å². The van der Waals surface area contributed by atoms with Crippen molar-refractivity contribution in [2.45, 2.75) is 44.9 Å². The second kappa shape index (κ2) is 6.68. The number of hydrogen-bond donors (Lipinski definition) is 1. The Morgan fingerprint density at radius 2 is 2.00 bits per heavy atom. The van der Waals surface area contributed by atoms with Gasteiger partial charge in [-0.2, -0.15) is 0 Å². The van der Waals surface area contributed by atoms with Crippen molar-refractivity contribution >= 4 is 5.91 Å². The summed E-state index contributed by atoms with van der Waals surface area (Å²) in [6.45, 7) is 6.52. The molecule has 0 radical (unpaired) electrons. The first-order valence-electron chi connectivity index (χ1n) is 7.25. The van der Waals surface area contributed by atoms with Gasteiger partial charge >= 0.3 is 0 Å². The number of methoxy groups -OCH3 is 1. The van der Waals surface area contributed by atoms with Crippen LogP contribution in [0, 0.1) is 5.92 Å². The van der Waals surface area contributed by atoms with Gasteiger partial charge in [0.2, 0.25) is 5.91 Å². The number of nitrogens with one attached hydrogen (secondary N) is 1. The summed E-state index contributed by atoms with van der Waals surface area (Å²) in [5.41, 5.74) is 0. The maximum Gasteiger partial charge on any atom is 0.236 e. The molecule has 0 aromatic carbocycles. The van der Waals surface area contributed by atoms with Crippen molar-refractivity contribution in [3.8, 4) is 0 Å². The SMILES string of the molecule is COC[C@H](NCC(=O)N1C[C@H](C)O[C@@H](C)C1)C1CC1. The van der Waals surface area contributed by atoms with Crippen molar-refractivity contribution < 1.29 is 14.3 Å². The van der Waals surface area contributed by atoms with Gasteiger partial charge in [-0.1, -0.05) is 0 Å². The zero-order valence-electron chi connectivity index (χ0n) is 12.2. The molecule has 2 aliphatic rings. The fourth-order valence-corrected chi connectivity index (χ4v) is 2.75. The molecule has 1 N–H and O–H groups in total. The number of amides is 1. The predicted molar refractivity (Wildman–Crippen MR) is 73.0 cm³/mol. The molecule has 0 bridgehead atoms. The Bertz CT molecular complexity index is 297. The largest absolute Gasteiger partial charge is 0.383 e. The van der Waals surface area contributed by atoms with Gasteiger partial charge in [0.25, 0.3) is 0 Å². The minimum atomic E-state index is 0.130. The van der Waals surface area contributed by atoms with E-state index < -0.39 is 0 Å². The highest BCUT2D eigenvalue weighted by Gasteiger charge is 2.32. The van der Waals surface area contributed by atoms with Crippen molar-refractivity contribution in [2.24, 2.45) is 5.92 Å². The summed E-state index contributed by atoms with van der Waals surface area (Å²) in [6, 6.07) is 0.324. The summed E-state index contributed by atoms with van der Waals surface area (Å²) in [5, 5.41) is 3.35. The van der Waals surface area contributed by atoms with E-state index in [0.29, 0.717) is 38.2 Å². The van der Waals surface area contributed by atoms with Crippen molar-refractivity contribution in [2.75, 3.05) is 33.4 Å². The lowest BCUT2D eigenvalue weighted by Gasteiger charge is -2.35. The maximum absolute atomic E-state index is 12.2. The fourth-order valence-electron chi connectivity index (χ4n) is 2.75. The Hall–Kier alpha value is -0.650. The van der Waals surface area contributed by atoms with Gasteiger partial charge in [-0.25, -0.2) is 0 Å². The number of morpholine rings is 1. The quantitative estimate of drug-likeness (QED) is 0.769. The highest BCUT2D eigenvalue weighted by atomic mass is 16.5. The molecule has 110 valence electrons. The van der Waals surface area contributed by atoms with Crippen LogP contribution in [0.15, 0.2) is 0 Å². The van der Waals surface area contributed by atoms with Crippen LogP contribution in [0.4, 0.5) is 0 Å². The van der Waals surface area contributed by atoms with Gasteiger partial charge in [-0.15, -0.1) is 0 Å². The molecule has 1 saturated carbocycles. The third-order valence-corrected chi connectivity index (χ3v) is 3.83. The van der Waals surface area contributed by atoms with E-state index in [1.54, 1.807) is 7.11 Å². The summed E-state index contributed by atoms with van der Waals surface area (Å²) < 4.78 is 10.9. The molecule has 0 spiro atoms. The van der Waals surface area contributed by atoms with E-state index in [1.807, 2.05) is 18.7 Å². The van der Waals surface area contributed by atoms with Gasteiger partial charge in [0.1, 0.15) is 0 Å². The molecule has 0 aromatic rings. The average molecular weight is 270 g/mol. The molecule has 5 heteroatoms.